The summed E-state index contributed by atoms with van der Waals surface area (Å²) in [6, 6.07) is 25.4. The van der Waals surface area contributed by atoms with Gasteiger partial charge in [-0.1, -0.05) is 83.8 Å². The molecule has 10 nitrogen and oxygen atoms in total. The molecule has 0 aliphatic heterocycles. The summed E-state index contributed by atoms with van der Waals surface area (Å²) in [6.45, 7) is 1.74. The van der Waals surface area contributed by atoms with Gasteiger partial charge < -0.3 is 5.32 Å². The summed E-state index contributed by atoms with van der Waals surface area (Å²) >= 11 is 2.48. The van der Waals surface area contributed by atoms with Crippen molar-refractivity contribution in [1.29, 1.82) is 0 Å². The summed E-state index contributed by atoms with van der Waals surface area (Å²) < 4.78 is 27.5. The van der Waals surface area contributed by atoms with E-state index in [-0.39, 0.29) is 22.4 Å². The molecule has 2 aromatic heterocycles. The number of hydrogen-bond acceptors (Lipinski definition) is 10. The number of aromatic nitrogens is 5. The van der Waals surface area contributed by atoms with Crippen molar-refractivity contribution < 1.29 is 13.2 Å². The molecule has 0 aliphatic rings. The highest BCUT2D eigenvalue weighted by Crippen LogP contribution is 2.30. The number of benzene rings is 3. The van der Waals surface area contributed by atoms with Crippen molar-refractivity contribution in [3.8, 4) is 22.5 Å². The molecule has 0 aliphatic carbocycles. The maximum Gasteiger partial charge on any atom is 0.263 e. The molecule has 2 heterocycles. The number of carbonyl (C=O) groups excluding carboxylic acids is 1. The van der Waals surface area contributed by atoms with E-state index in [2.05, 4.69) is 30.4 Å². The molecule has 0 fully saturated rings. The van der Waals surface area contributed by atoms with E-state index >= 15 is 0 Å². The minimum absolute atomic E-state index is 0.0479. The fourth-order valence-corrected chi connectivity index (χ4v) is 6.19. The Labute approximate surface area is 239 Å². The number of sulfonamides is 1. The average molecular weight is 590 g/mol. The topological polar surface area (TPSA) is 140 Å². The molecule has 13 heteroatoms. The fraction of sp³-hybridized carbons (Fsp3) is 0.111. The van der Waals surface area contributed by atoms with Crippen LogP contribution in [0.15, 0.2) is 95.0 Å². The van der Waals surface area contributed by atoms with Crippen LogP contribution in [0.4, 0.5) is 10.8 Å². The molecule has 3 aromatic carbocycles. The third-order valence-electron chi connectivity index (χ3n) is 5.52. The van der Waals surface area contributed by atoms with E-state index in [9.17, 15) is 13.2 Å². The van der Waals surface area contributed by atoms with E-state index in [1.54, 1.807) is 6.92 Å². The quantitative estimate of drug-likeness (QED) is 0.208. The number of nitrogens with zero attached hydrogens (tertiary/aromatic N) is 5. The van der Waals surface area contributed by atoms with Crippen molar-refractivity contribution in [2.45, 2.75) is 23.4 Å². The van der Waals surface area contributed by atoms with Crippen LogP contribution in [0.25, 0.3) is 22.5 Å². The number of nitrogens with one attached hydrogen (secondary N) is 2. The minimum atomic E-state index is -3.81. The normalized spacial score (nSPS) is 11.2. The third-order valence-corrected chi connectivity index (χ3v) is 8.60. The number of amides is 1. The van der Waals surface area contributed by atoms with Crippen LogP contribution in [-0.2, 0) is 14.8 Å². The molecule has 5 aromatic rings. The SMILES string of the molecule is Cc1nnc(NS(=O)(=O)c2ccc(NC(=O)CCSc3nnc(-c4ccccc4)c(-c4ccccc4)n3)cc2)s1. The Bertz CT molecular complexity index is 1710. The first-order chi connectivity index (χ1) is 19.4. The Kier molecular flexibility index (Phi) is 8.43. The van der Waals surface area contributed by atoms with Crippen LogP contribution >= 0.6 is 23.1 Å². The first-order valence-electron chi connectivity index (χ1n) is 12.1. The molecule has 40 heavy (non-hydrogen) atoms. The second-order valence-electron chi connectivity index (χ2n) is 8.43. The van der Waals surface area contributed by atoms with Crippen LogP contribution in [0.2, 0.25) is 0 Å². The fourth-order valence-electron chi connectivity index (χ4n) is 3.65. The van der Waals surface area contributed by atoms with Gasteiger partial charge in [-0.3, -0.25) is 9.52 Å². The Morgan fingerprint density at radius 1 is 0.825 bits per heavy atom. The van der Waals surface area contributed by atoms with Gasteiger partial charge in [0.1, 0.15) is 16.4 Å². The Morgan fingerprint density at radius 2 is 1.48 bits per heavy atom. The number of anilines is 2. The van der Waals surface area contributed by atoms with Gasteiger partial charge in [0.25, 0.3) is 10.0 Å². The molecule has 0 spiro atoms. The van der Waals surface area contributed by atoms with E-state index < -0.39 is 10.0 Å². The summed E-state index contributed by atoms with van der Waals surface area (Å²) in [5.74, 6) is 0.215. The maximum atomic E-state index is 12.6. The maximum absolute atomic E-state index is 12.6. The van der Waals surface area contributed by atoms with Gasteiger partial charge in [0.15, 0.2) is 0 Å². The molecule has 1 amide bonds. The lowest BCUT2D eigenvalue weighted by atomic mass is 10.0. The lowest BCUT2D eigenvalue weighted by molar-refractivity contribution is -0.115. The highest BCUT2D eigenvalue weighted by Gasteiger charge is 2.17. The minimum Gasteiger partial charge on any atom is -0.326 e. The summed E-state index contributed by atoms with van der Waals surface area (Å²) in [5.41, 5.74) is 3.74. The van der Waals surface area contributed by atoms with Gasteiger partial charge in [-0.15, -0.1) is 20.4 Å². The van der Waals surface area contributed by atoms with Gasteiger partial charge in [-0.05, 0) is 31.2 Å². The molecule has 0 unspecified atom stereocenters. The third kappa shape index (κ3) is 6.86. The zero-order valence-corrected chi connectivity index (χ0v) is 23.6. The van der Waals surface area contributed by atoms with Crippen LogP contribution in [0.5, 0.6) is 0 Å². The number of rotatable bonds is 10. The Balaban J connectivity index is 1.19. The second-order valence-corrected chi connectivity index (χ2v) is 12.4. The van der Waals surface area contributed by atoms with E-state index in [0.717, 1.165) is 28.2 Å². The van der Waals surface area contributed by atoms with Gasteiger partial charge in [0.05, 0.1) is 4.90 Å². The molecule has 0 saturated heterocycles. The van der Waals surface area contributed by atoms with Gasteiger partial charge in [0, 0.05) is 29.0 Å². The molecular formula is C27H23N7O3S3. The van der Waals surface area contributed by atoms with Crippen LogP contribution in [0.3, 0.4) is 0 Å². The molecule has 0 atom stereocenters. The molecule has 0 bridgehead atoms. The standard InChI is InChI=1S/C27H23N7O3S3/c1-18-30-33-27(39-18)34-40(36,37)22-14-12-21(13-15-22)28-23(35)16-17-38-26-29-24(19-8-4-2-5-9-19)25(31-32-26)20-10-6-3-7-11-20/h2-15H,16-17H2,1H3,(H,28,35)(H,33,34). The van der Waals surface area contributed by atoms with Crippen molar-refractivity contribution >= 4 is 49.8 Å². The number of aryl methyl sites for hydroxylation is 1. The van der Waals surface area contributed by atoms with E-state index in [0.29, 0.717) is 27.3 Å². The number of carbonyl (C=O) groups is 1. The molecule has 0 radical (unpaired) electrons. The molecule has 202 valence electrons. The summed E-state index contributed by atoms with van der Waals surface area (Å²) in [5, 5.41) is 20.4. The zero-order chi connectivity index (χ0) is 28.0. The van der Waals surface area contributed by atoms with Crippen molar-refractivity contribution in [3.63, 3.8) is 0 Å². The first-order valence-corrected chi connectivity index (χ1v) is 15.4. The van der Waals surface area contributed by atoms with Gasteiger partial charge in [0.2, 0.25) is 16.2 Å². The highest BCUT2D eigenvalue weighted by atomic mass is 32.2. The lowest BCUT2D eigenvalue weighted by Gasteiger charge is -2.10. The van der Waals surface area contributed by atoms with Gasteiger partial charge >= 0.3 is 0 Å². The monoisotopic (exact) mass is 589 g/mol. The highest BCUT2D eigenvalue weighted by molar-refractivity contribution is 7.99. The Morgan fingerprint density at radius 3 is 2.10 bits per heavy atom. The molecule has 0 saturated carbocycles. The Hall–Kier alpha value is -4.20. The molecular weight excluding hydrogens is 567 g/mol. The van der Waals surface area contributed by atoms with E-state index in [1.165, 1.54) is 36.0 Å². The second kappa shape index (κ2) is 12.3. The zero-order valence-electron chi connectivity index (χ0n) is 21.2. The summed E-state index contributed by atoms with van der Waals surface area (Å²) in [7, 11) is -3.81. The lowest BCUT2D eigenvalue weighted by Crippen LogP contribution is -2.14. The summed E-state index contributed by atoms with van der Waals surface area (Å²) in [4.78, 5) is 17.3. The number of hydrogen-bond donors (Lipinski definition) is 2. The average Bonchev–Trinajstić information content (AvgIpc) is 3.37. The van der Waals surface area contributed by atoms with Crippen molar-refractivity contribution in [1.82, 2.24) is 25.4 Å². The van der Waals surface area contributed by atoms with Gasteiger partial charge in [-0.25, -0.2) is 13.4 Å². The van der Waals surface area contributed by atoms with E-state index in [4.69, 9.17) is 4.98 Å². The summed E-state index contributed by atoms with van der Waals surface area (Å²) in [6.07, 6.45) is 0.202. The molecule has 2 N–H and O–H groups in total. The number of thioether (sulfide) groups is 1. The van der Waals surface area contributed by atoms with Crippen molar-refractivity contribution in [2.75, 3.05) is 15.8 Å². The largest absolute Gasteiger partial charge is 0.326 e. The first kappa shape index (κ1) is 27.4. The van der Waals surface area contributed by atoms with E-state index in [1.807, 2.05) is 60.7 Å². The van der Waals surface area contributed by atoms with Crippen LogP contribution in [-0.4, -0.2) is 45.5 Å². The van der Waals surface area contributed by atoms with Crippen LogP contribution in [0.1, 0.15) is 11.4 Å². The predicted octanol–water partition coefficient (Wildman–Crippen LogP) is 5.29. The van der Waals surface area contributed by atoms with Gasteiger partial charge in [-0.2, -0.15) is 0 Å². The van der Waals surface area contributed by atoms with Crippen molar-refractivity contribution in [2.24, 2.45) is 0 Å². The van der Waals surface area contributed by atoms with Crippen LogP contribution in [0, 0.1) is 6.92 Å². The predicted molar refractivity (Wildman–Crippen MR) is 157 cm³/mol. The van der Waals surface area contributed by atoms with Crippen molar-refractivity contribution in [3.05, 3.63) is 89.9 Å². The smallest absolute Gasteiger partial charge is 0.263 e. The molecule has 5 rings (SSSR count). The van der Waals surface area contributed by atoms with Crippen LogP contribution < -0.4 is 10.0 Å².